The highest BCUT2D eigenvalue weighted by atomic mass is 16.5. The largest absolute Gasteiger partial charge is 0.468 e. The predicted molar refractivity (Wildman–Crippen MR) is 75.9 cm³/mol. The minimum atomic E-state index is -0.375. The van der Waals surface area contributed by atoms with Gasteiger partial charge in [0.05, 0.1) is 7.11 Å². The van der Waals surface area contributed by atoms with Crippen molar-refractivity contribution in [2.45, 2.75) is 26.8 Å². The second-order valence-corrected chi connectivity index (χ2v) is 5.52. The fraction of sp³-hybridized carbons (Fsp3) is 0.500. The molecule has 2 unspecified atom stereocenters. The molecule has 0 heterocycles. The molecule has 0 spiro atoms. The highest BCUT2D eigenvalue weighted by molar-refractivity contribution is 5.85. The van der Waals surface area contributed by atoms with Gasteiger partial charge in [0, 0.05) is 12.5 Å². The molecule has 0 bridgehead atoms. The fourth-order valence-electron chi connectivity index (χ4n) is 2.33. The van der Waals surface area contributed by atoms with Crippen molar-refractivity contribution in [2.75, 3.05) is 13.7 Å². The number of carbonyl (C=O) groups excluding carboxylic acids is 2. The molecule has 2 rings (SSSR count). The summed E-state index contributed by atoms with van der Waals surface area (Å²) in [6, 6.07) is 7.91. The Kier molecular flexibility index (Phi) is 4.42. The molecule has 108 valence electrons. The van der Waals surface area contributed by atoms with Crippen LogP contribution in [0.1, 0.15) is 24.5 Å². The van der Waals surface area contributed by atoms with Gasteiger partial charge in [0.25, 0.3) is 0 Å². The Hall–Kier alpha value is -1.84. The summed E-state index contributed by atoms with van der Waals surface area (Å²) in [7, 11) is 1.35. The standard InChI is InChI=1S/C16H21NO3/c1-11-6-4-5-7-13(11)9-17(10-15(18)20-3)16(19)14-8-12(14)2/h4-7,12,14H,8-10H2,1-3H3. The summed E-state index contributed by atoms with van der Waals surface area (Å²) in [5.41, 5.74) is 2.19. The Labute approximate surface area is 119 Å². The normalized spacial score (nSPS) is 20.4. The topological polar surface area (TPSA) is 46.6 Å². The van der Waals surface area contributed by atoms with E-state index < -0.39 is 0 Å². The number of methoxy groups -OCH3 is 1. The zero-order valence-electron chi connectivity index (χ0n) is 12.3. The van der Waals surface area contributed by atoms with Crippen LogP contribution < -0.4 is 0 Å². The first-order chi connectivity index (χ1) is 9.52. The van der Waals surface area contributed by atoms with Gasteiger partial charge in [-0.15, -0.1) is 0 Å². The van der Waals surface area contributed by atoms with E-state index in [2.05, 4.69) is 6.92 Å². The molecule has 1 fully saturated rings. The van der Waals surface area contributed by atoms with Crippen LogP contribution in [0, 0.1) is 18.8 Å². The Morgan fingerprint density at radius 2 is 2.00 bits per heavy atom. The SMILES string of the molecule is COC(=O)CN(Cc1ccccc1C)C(=O)C1CC1C. The number of hydrogen-bond acceptors (Lipinski definition) is 3. The maximum absolute atomic E-state index is 12.4. The van der Waals surface area contributed by atoms with E-state index in [9.17, 15) is 9.59 Å². The van der Waals surface area contributed by atoms with Gasteiger partial charge in [-0.3, -0.25) is 9.59 Å². The van der Waals surface area contributed by atoms with Gasteiger partial charge < -0.3 is 9.64 Å². The first-order valence-corrected chi connectivity index (χ1v) is 6.93. The van der Waals surface area contributed by atoms with Crippen LogP contribution in [0.5, 0.6) is 0 Å². The molecule has 20 heavy (non-hydrogen) atoms. The van der Waals surface area contributed by atoms with Crippen LogP contribution in [-0.4, -0.2) is 30.4 Å². The van der Waals surface area contributed by atoms with E-state index in [1.165, 1.54) is 7.11 Å². The number of amides is 1. The monoisotopic (exact) mass is 275 g/mol. The van der Waals surface area contributed by atoms with E-state index >= 15 is 0 Å². The van der Waals surface area contributed by atoms with Crippen LogP contribution in [-0.2, 0) is 20.9 Å². The quantitative estimate of drug-likeness (QED) is 0.774. The van der Waals surface area contributed by atoms with Crippen molar-refractivity contribution in [3.05, 3.63) is 35.4 Å². The first kappa shape index (κ1) is 14.6. The molecule has 0 aromatic heterocycles. The number of nitrogens with zero attached hydrogens (tertiary/aromatic N) is 1. The van der Waals surface area contributed by atoms with Crippen molar-refractivity contribution in [2.24, 2.45) is 11.8 Å². The van der Waals surface area contributed by atoms with E-state index in [0.717, 1.165) is 17.5 Å². The number of benzene rings is 1. The minimum absolute atomic E-state index is 0.0207. The number of esters is 1. The van der Waals surface area contributed by atoms with Gasteiger partial charge in [-0.05, 0) is 30.4 Å². The van der Waals surface area contributed by atoms with Gasteiger partial charge in [-0.2, -0.15) is 0 Å². The smallest absolute Gasteiger partial charge is 0.325 e. The lowest BCUT2D eigenvalue weighted by molar-refractivity contribution is -0.148. The molecule has 1 saturated carbocycles. The van der Waals surface area contributed by atoms with Crippen molar-refractivity contribution in [1.29, 1.82) is 0 Å². The van der Waals surface area contributed by atoms with Crippen LogP contribution in [0.25, 0.3) is 0 Å². The molecule has 1 aliphatic carbocycles. The van der Waals surface area contributed by atoms with E-state index in [0.29, 0.717) is 12.5 Å². The summed E-state index contributed by atoms with van der Waals surface area (Å²) in [5.74, 6) is 0.189. The van der Waals surface area contributed by atoms with Gasteiger partial charge in [-0.1, -0.05) is 31.2 Å². The van der Waals surface area contributed by atoms with E-state index in [-0.39, 0.29) is 24.3 Å². The zero-order chi connectivity index (χ0) is 14.7. The second kappa shape index (κ2) is 6.07. The molecule has 1 aromatic carbocycles. The highest BCUT2D eigenvalue weighted by Gasteiger charge is 2.41. The molecule has 0 radical (unpaired) electrons. The molecule has 1 aromatic rings. The van der Waals surface area contributed by atoms with Gasteiger partial charge in [0.2, 0.25) is 5.91 Å². The summed E-state index contributed by atoms with van der Waals surface area (Å²) < 4.78 is 4.69. The number of aryl methyl sites for hydroxylation is 1. The number of hydrogen-bond donors (Lipinski definition) is 0. The molecule has 4 nitrogen and oxygen atoms in total. The predicted octanol–water partition coefficient (Wildman–Crippen LogP) is 2.15. The summed E-state index contributed by atoms with van der Waals surface area (Å²) in [6.45, 7) is 4.55. The lowest BCUT2D eigenvalue weighted by Crippen LogP contribution is -2.37. The molecule has 0 N–H and O–H groups in total. The highest BCUT2D eigenvalue weighted by Crippen LogP contribution is 2.39. The molecule has 1 amide bonds. The van der Waals surface area contributed by atoms with Crippen LogP contribution in [0.2, 0.25) is 0 Å². The van der Waals surface area contributed by atoms with E-state index in [4.69, 9.17) is 4.74 Å². The van der Waals surface area contributed by atoms with Crippen molar-refractivity contribution in [1.82, 2.24) is 4.90 Å². The van der Waals surface area contributed by atoms with Crippen molar-refractivity contribution in [3.63, 3.8) is 0 Å². The molecular formula is C16H21NO3. The van der Waals surface area contributed by atoms with Crippen LogP contribution in [0.3, 0.4) is 0 Å². The third kappa shape index (κ3) is 3.38. The number of ether oxygens (including phenoxy) is 1. The number of carbonyl (C=O) groups is 2. The Morgan fingerprint density at radius 3 is 2.55 bits per heavy atom. The van der Waals surface area contributed by atoms with E-state index in [1.807, 2.05) is 31.2 Å². The van der Waals surface area contributed by atoms with E-state index in [1.54, 1.807) is 4.90 Å². The summed E-state index contributed by atoms with van der Waals surface area (Å²) in [5, 5.41) is 0. The fourth-order valence-corrected chi connectivity index (χ4v) is 2.33. The van der Waals surface area contributed by atoms with Crippen LogP contribution in [0.15, 0.2) is 24.3 Å². The molecule has 4 heteroatoms. The lowest BCUT2D eigenvalue weighted by Gasteiger charge is -2.22. The maximum atomic E-state index is 12.4. The molecule has 0 saturated heterocycles. The van der Waals surface area contributed by atoms with Crippen molar-refractivity contribution in [3.8, 4) is 0 Å². The van der Waals surface area contributed by atoms with Crippen molar-refractivity contribution >= 4 is 11.9 Å². The Bertz CT molecular complexity index is 512. The average molecular weight is 275 g/mol. The number of rotatable bonds is 5. The summed E-state index contributed by atoms with van der Waals surface area (Å²) in [4.78, 5) is 25.5. The second-order valence-electron chi connectivity index (χ2n) is 5.52. The minimum Gasteiger partial charge on any atom is -0.468 e. The van der Waals surface area contributed by atoms with Gasteiger partial charge >= 0.3 is 5.97 Å². The molecule has 0 aliphatic heterocycles. The molecular weight excluding hydrogens is 254 g/mol. The van der Waals surface area contributed by atoms with Gasteiger partial charge in [-0.25, -0.2) is 0 Å². The van der Waals surface area contributed by atoms with Gasteiger partial charge in [0.1, 0.15) is 6.54 Å². The maximum Gasteiger partial charge on any atom is 0.325 e. The third-order valence-corrected chi connectivity index (χ3v) is 3.91. The zero-order valence-corrected chi connectivity index (χ0v) is 12.3. The summed E-state index contributed by atoms with van der Waals surface area (Å²) in [6.07, 6.45) is 0.921. The van der Waals surface area contributed by atoms with Crippen LogP contribution >= 0.6 is 0 Å². The molecule has 2 atom stereocenters. The lowest BCUT2D eigenvalue weighted by atomic mass is 10.1. The Morgan fingerprint density at radius 1 is 1.35 bits per heavy atom. The van der Waals surface area contributed by atoms with Crippen LogP contribution in [0.4, 0.5) is 0 Å². The average Bonchev–Trinajstić information content (AvgIpc) is 3.16. The first-order valence-electron chi connectivity index (χ1n) is 6.93. The third-order valence-electron chi connectivity index (χ3n) is 3.91. The van der Waals surface area contributed by atoms with Gasteiger partial charge in [0.15, 0.2) is 0 Å². The van der Waals surface area contributed by atoms with Crippen molar-refractivity contribution < 1.29 is 14.3 Å². The summed E-state index contributed by atoms with van der Waals surface area (Å²) >= 11 is 0. The Balaban J connectivity index is 2.12. The molecule has 1 aliphatic rings.